The van der Waals surface area contributed by atoms with E-state index in [4.69, 9.17) is 9.15 Å². The van der Waals surface area contributed by atoms with E-state index in [9.17, 15) is 4.79 Å². The number of alkyl halides is 1. The van der Waals surface area contributed by atoms with Crippen molar-refractivity contribution < 1.29 is 9.15 Å². The number of rotatable bonds is 4. The van der Waals surface area contributed by atoms with Crippen molar-refractivity contribution in [3.63, 3.8) is 0 Å². The normalized spacial score (nSPS) is 18.2. The van der Waals surface area contributed by atoms with Gasteiger partial charge in [-0.15, -0.1) is 0 Å². The third-order valence-electron chi connectivity index (χ3n) is 4.14. The van der Waals surface area contributed by atoms with Crippen molar-refractivity contribution in [2.75, 3.05) is 13.2 Å². The van der Waals surface area contributed by atoms with Gasteiger partial charge in [-0.25, -0.2) is 4.79 Å². The Bertz CT molecular complexity index is 670. The minimum atomic E-state index is -0.263. The number of oxazole rings is 1. The fraction of sp³-hybridized carbons (Fsp3) is 0.562. The number of ether oxygens (including phenoxy) is 1. The zero-order valence-corrected chi connectivity index (χ0v) is 13.8. The lowest BCUT2D eigenvalue weighted by Crippen LogP contribution is -2.19. The molecule has 1 unspecified atom stereocenters. The molecule has 0 aliphatic carbocycles. The second-order valence-corrected chi connectivity index (χ2v) is 6.58. The third kappa shape index (κ3) is 2.94. The van der Waals surface area contributed by atoms with Crippen LogP contribution in [0, 0.1) is 5.92 Å². The van der Waals surface area contributed by atoms with Crippen LogP contribution in [0.2, 0.25) is 0 Å². The molecule has 1 saturated heterocycles. The van der Waals surface area contributed by atoms with Crippen LogP contribution < -0.4 is 5.76 Å². The fourth-order valence-corrected chi connectivity index (χ4v) is 3.78. The minimum absolute atomic E-state index is 0.263. The summed E-state index contributed by atoms with van der Waals surface area (Å²) < 4.78 is 12.5. The van der Waals surface area contributed by atoms with Crippen molar-refractivity contribution in [3.05, 3.63) is 34.3 Å². The van der Waals surface area contributed by atoms with Crippen LogP contribution in [0.15, 0.2) is 27.4 Å². The summed E-state index contributed by atoms with van der Waals surface area (Å²) in [5, 5.41) is 0. The molecule has 0 amide bonds. The Morgan fingerprint density at radius 2 is 2.14 bits per heavy atom. The van der Waals surface area contributed by atoms with Crippen LogP contribution in [0.3, 0.4) is 0 Å². The lowest BCUT2D eigenvalue weighted by Gasteiger charge is -2.26. The molecular formula is C16H20BrNO3. The van der Waals surface area contributed by atoms with Crippen LogP contribution in [0.4, 0.5) is 0 Å². The number of hydrogen-bond donors (Lipinski definition) is 0. The molecule has 2 heterocycles. The zero-order valence-electron chi connectivity index (χ0n) is 12.2. The quantitative estimate of drug-likeness (QED) is 0.783. The first-order valence-electron chi connectivity index (χ1n) is 7.56. The van der Waals surface area contributed by atoms with E-state index >= 15 is 0 Å². The Morgan fingerprint density at radius 1 is 1.38 bits per heavy atom. The van der Waals surface area contributed by atoms with Gasteiger partial charge < -0.3 is 9.15 Å². The van der Waals surface area contributed by atoms with Gasteiger partial charge >= 0.3 is 5.76 Å². The van der Waals surface area contributed by atoms with Gasteiger partial charge in [0.05, 0.1) is 5.52 Å². The molecule has 1 aromatic heterocycles. The molecule has 5 heteroatoms. The van der Waals surface area contributed by atoms with Gasteiger partial charge in [-0.1, -0.05) is 28.9 Å². The van der Waals surface area contributed by atoms with Crippen LogP contribution in [-0.2, 0) is 11.3 Å². The number of fused-ring (bicyclic) bond motifs is 1. The first-order valence-corrected chi connectivity index (χ1v) is 8.47. The molecule has 1 fully saturated rings. The number of halogens is 1. The highest BCUT2D eigenvalue weighted by atomic mass is 79.9. The molecule has 0 radical (unpaired) electrons. The summed E-state index contributed by atoms with van der Waals surface area (Å²) in [6.45, 7) is 4.41. The van der Waals surface area contributed by atoms with E-state index < -0.39 is 0 Å². The van der Waals surface area contributed by atoms with Gasteiger partial charge in [0, 0.05) is 24.6 Å². The molecule has 0 N–H and O–H groups in total. The maximum atomic E-state index is 11.9. The van der Waals surface area contributed by atoms with E-state index in [-0.39, 0.29) is 10.6 Å². The maximum Gasteiger partial charge on any atom is 0.419 e. The molecule has 1 aromatic carbocycles. The Kier molecular flexibility index (Phi) is 4.50. The van der Waals surface area contributed by atoms with Gasteiger partial charge in [0.2, 0.25) is 0 Å². The number of hydrogen-bond acceptors (Lipinski definition) is 3. The smallest absolute Gasteiger partial charge is 0.408 e. The van der Waals surface area contributed by atoms with Crippen molar-refractivity contribution in [3.8, 4) is 0 Å². The molecule has 0 spiro atoms. The highest BCUT2D eigenvalue weighted by Gasteiger charge is 2.24. The molecule has 1 atom stereocenters. The molecule has 1 aliphatic heterocycles. The topological polar surface area (TPSA) is 44.4 Å². The van der Waals surface area contributed by atoms with Crippen LogP contribution >= 0.6 is 15.9 Å². The van der Waals surface area contributed by atoms with E-state index in [1.807, 2.05) is 12.1 Å². The third-order valence-corrected chi connectivity index (χ3v) is 5.41. The summed E-state index contributed by atoms with van der Waals surface area (Å²) in [6, 6.07) is 6.09. The highest BCUT2D eigenvalue weighted by Crippen LogP contribution is 2.37. The molecule has 0 bridgehead atoms. The number of nitrogens with zero attached hydrogens (tertiary/aromatic N) is 1. The molecule has 21 heavy (non-hydrogen) atoms. The van der Waals surface area contributed by atoms with Crippen LogP contribution in [0.25, 0.3) is 11.1 Å². The van der Waals surface area contributed by atoms with Crippen LogP contribution in [0.5, 0.6) is 0 Å². The summed E-state index contributed by atoms with van der Waals surface area (Å²) in [6.07, 6.45) is 3.04. The second-order valence-electron chi connectivity index (χ2n) is 5.60. The SMILES string of the molecule is CCCn1c(=O)oc2cc(C(Br)C3CCOCC3)ccc21. The Hall–Kier alpha value is -1.07. The van der Waals surface area contributed by atoms with E-state index in [0.717, 1.165) is 38.0 Å². The zero-order chi connectivity index (χ0) is 14.8. The first kappa shape index (κ1) is 14.9. The summed E-state index contributed by atoms with van der Waals surface area (Å²) in [5.74, 6) is 0.307. The predicted molar refractivity (Wildman–Crippen MR) is 86.0 cm³/mol. The van der Waals surface area contributed by atoms with Crippen LogP contribution in [-0.4, -0.2) is 17.8 Å². The number of benzene rings is 1. The van der Waals surface area contributed by atoms with E-state index in [1.54, 1.807) is 4.57 Å². The summed E-state index contributed by atoms with van der Waals surface area (Å²) in [5.41, 5.74) is 2.74. The molecule has 4 nitrogen and oxygen atoms in total. The largest absolute Gasteiger partial charge is 0.419 e. The predicted octanol–water partition coefficient (Wildman–Crippen LogP) is 3.87. The summed E-state index contributed by atoms with van der Waals surface area (Å²) in [4.78, 5) is 12.2. The number of aryl methyl sites for hydroxylation is 1. The van der Waals surface area contributed by atoms with Gasteiger partial charge in [0.25, 0.3) is 0 Å². The molecule has 0 saturated carbocycles. The molecular weight excluding hydrogens is 334 g/mol. The van der Waals surface area contributed by atoms with Gasteiger partial charge in [0.1, 0.15) is 0 Å². The Balaban J connectivity index is 1.92. The highest BCUT2D eigenvalue weighted by molar-refractivity contribution is 9.09. The lowest BCUT2D eigenvalue weighted by atomic mass is 9.92. The fourth-order valence-electron chi connectivity index (χ4n) is 2.97. The first-order chi connectivity index (χ1) is 10.2. The monoisotopic (exact) mass is 353 g/mol. The van der Waals surface area contributed by atoms with Gasteiger partial charge in [-0.3, -0.25) is 4.57 Å². The Labute approximate surface area is 132 Å². The average molecular weight is 354 g/mol. The standard InChI is InChI=1S/C16H20BrNO3/c1-2-7-18-13-4-3-12(10-14(13)21-16(18)19)15(17)11-5-8-20-9-6-11/h3-4,10-11,15H,2,5-9H2,1H3. The Morgan fingerprint density at radius 3 is 2.86 bits per heavy atom. The van der Waals surface area contributed by atoms with Crippen molar-refractivity contribution in [1.82, 2.24) is 4.57 Å². The van der Waals surface area contributed by atoms with Gasteiger partial charge in [-0.2, -0.15) is 0 Å². The maximum absolute atomic E-state index is 11.9. The van der Waals surface area contributed by atoms with Crippen molar-refractivity contribution >= 4 is 27.0 Å². The van der Waals surface area contributed by atoms with Crippen molar-refractivity contribution in [2.24, 2.45) is 5.92 Å². The van der Waals surface area contributed by atoms with Crippen LogP contribution in [0.1, 0.15) is 36.6 Å². The summed E-state index contributed by atoms with van der Waals surface area (Å²) in [7, 11) is 0. The van der Waals surface area contributed by atoms with Gasteiger partial charge in [-0.05, 0) is 42.9 Å². The molecule has 2 aromatic rings. The minimum Gasteiger partial charge on any atom is -0.408 e. The van der Waals surface area contributed by atoms with Crippen molar-refractivity contribution in [1.29, 1.82) is 0 Å². The van der Waals surface area contributed by atoms with Crippen molar-refractivity contribution in [2.45, 2.75) is 37.6 Å². The molecule has 1 aliphatic rings. The molecule has 114 valence electrons. The summed E-state index contributed by atoms with van der Waals surface area (Å²) >= 11 is 3.81. The van der Waals surface area contributed by atoms with Gasteiger partial charge in [0.15, 0.2) is 5.58 Å². The van der Waals surface area contributed by atoms with E-state index in [0.29, 0.717) is 18.0 Å². The second kappa shape index (κ2) is 6.36. The number of aromatic nitrogens is 1. The molecule has 3 rings (SSSR count). The van der Waals surface area contributed by atoms with E-state index in [2.05, 4.69) is 28.9 Å². The lowest BCUT2D eigenvalue weighted by molar-refractivity contribution is 0.0662. The average Bonchev–Trinajstić information content (AvgIpc) is 2.83. The van der Waals surface area contributed by atoms with E-state index in [1.165, 1.54) is 5.56 Å².